The first-order chi connectivity index (χ1) is 7.18. The van der Waals surface area contributed by atoms with Crippen LogP contribution in [0.5, 0.6) is 0 Å². The van der Waals surface area contributed by atoms with Crippen LogP contribution in [0.15, 0.2) is 0 Å². The summed E-state index contributed by atoms with van der Waals surface area (Å²) in [5, 5.41) is 0. The Morgan fingerprint density at radius 1 is 1.31 bits per heavy atom. The van der Waals surface area contributed by atoms with E-state index in [0.717, 1.165) is 6.54 Å². The van der Waals surface area contributed by atoms with Gasteiger partial charge in [-0.1, -0.05) is 13.8 Å². The first-order valence-electron chi connectivity index (χ1n) is 5.36. The van der Waals surface area contributed by atoms with Gasteiger partial charge in [0.2, 0.25) is 10.0 Å². The van der Waals surface area contributed by atoms with Crippen LogP contribution in [-0.2, 0) is 10.0 Å². The van der Waals surface area contributed by atoms with Gasteiger partial charge in [-0.3, -0.25) is 0 Å². The molecule has 0 fully saturated rings. The predicted octanol–water partition coefficient (Wildman–Crippen LogP) is 1.12. The molecule has 0 radical (unpaired) electrons. The van der Waals surface area contributed by atoms with Crippen molar-refractivity contribution in [1.82, 2.24) is 9.62 Å². The molecule has 0 saturated heterocycles. The highest BCUT2D eigenvalue weighted by Gasteiger charge is 2.21. The molecule has 0 heterocycles. The average molecular weight is 271 g/mol. The van der Waals surface area contributed by atoms with Crippen molar-refractivity contribution in [3.05, 3.63) is 0 Å². The van der Waals surface area contributed by atoms with Gasteiger partial charge < -0.3 is 4.90 Å². The number of nitrogens with zero attached hydrogens (tertiary/aromatic N) is 1. The van der Waals surface area contributed by atoms with E-state index in [1.165, 1.54) is 0 Å². The minimum atomic E-state index is -3.17. The van der Waals surface area contributed by atoms with E-state index in [4.69, 9.17) is 11.6 Å². The summed E-state index contributed by atoms with van der Waals surface area (Å²) in [5.74, 6) is 0.483. The molecule has 1 N–H and O–H groups in total. The highest BCUT2D eigenvalue weighted by atomic mass is 35.5. The van der Waals surface area contributed by atoms with Crippen LogP contribution in [0.3, 0.4) is 0 Å². The monoisotopic (exact) mass is 270 g/mol. The summed E-state index contributed by atoms with van der Waals surface area (Å²) < 4.78 is 25.7. The van der Waals surface area contributed by atoms with Crippen molar-refractivity contribution in [2.75, 3.05) is 38.8 Å². The Hall–Kier alpha value is 0.160. The SMILES string of the molecule is CN(C)CC(C)(C)CNS(=O)(=O)CCCCl. The largest absolute Gasteiger partial charge is 0.309 e. The molecule has 0 atom stereocenters. The number of rotatable bonds is 8. The Bertz CT molecular complexity index is 289. The molecule has 0 aromatic heterocycles. The van der Waals surface area contributed by atoms with E-state index in [9.17, 15) is 8.42 Å². The lowest BCUT2D eigenvalue weighted by atomic mass is 9.93. The Kier molecular flexibility index (Phi) is 6.86. The van der Waals surface area contributed by atoms with Crippen LogP contribution in [0.4, 0.5) is 0 Å². The molecular weight excluding hydrogens is 248 g/mol. The molecule has 0 spiro atoms. The second-order valence-electron chi connectivity index (χ2n) is 5.08. The Morgan fingerprint density at radius 3 is 2.31 bits per heavy atom. The molecule has 6 heteroatoms. The van der Waals surface area contributed by atoms with Crippen molar-refractivity contribution >= 4 is 21.6 Å². The van der Waals surface area contributed by atoms with Crippen molar-refractivity contribution in [2.45, 2.75) is 20.3 Å². The molecule has 0 unspecified atom stereocenters. The number of hydrogen-bond donors (Lipinski definition) is 1. The average Bonchev–Trinajstić information content (AvgIpc) is 2.10. The van der Waals surface area contributed by atoms with Crippen LogP contribution in [0, 0.1) is 5.41 Å². The highest BCUT2D eigenvalue weighted by molar-refractivity contribution is 7.89. The predicted molar refractivity (Wildman–Crippen MR) is 69.5 cm³/mol. The van der Waals surface area contributed by atoms with E-state index >= 15 is 0 Å². The Balaban J connectivity index is 4.12. The van der Waals surface area contributed by atoms with E-state index < -0.39 is 10.0 Å². The molecule has 0 rings (SSSR count). The Labute approximate surface area is 104 Å². The van der Waals surface area contributed by atoms with Crippen molar-refractivity contribution in [2.24, 2.45) is 5.41 Å². The molecule has 0 aliphatic heterocycles. The van der Waals surface area contributed by atoms with Gasteiger partial charge >= 0.3 is 0 Å². The van der Waals surface area contributed by atoms with E-state index in [-0.39, 0.29) is 11.2 Å². The van der Waals surface area contributed by atoms with Crippen LogP contribution >= 0.6 is 11.6 Å². The highest BCUT2D eigenvalue weighted by Crippen LogP contribution is 2.14. The van der Waals surface area contributed by atoms with Crippen molar-refractivity contribution in [3.63, 3.8) is 0 Å². The van der Waals surface area contributed by atoms with E-state index in [1.54, 1.807) is 0 Å². The summed E-state index contributed by atoms with van der Waals surface area (Å²) in [6.07, 6.45) is 0.491. The number of alkyl halides is 1. The summed E-state index contributed by atoms with van der Waals surface area (Å²) >= 11 is 5.47. The van der Waals surface area contributed by atoms with Gasteiger partial charge in [-0.15, -0.1) is 11.6 Å². The summed E-state index contributed by atoms with van der Waals surface area (Å²) in [6, 6.07) is 0. The van der Waals surface area contributed by atoms with E-state index in [2.05, 4.69) is 4.72 Å². The van der Waals surface area contributed by atoms with Crippen molar-refractivity contribution in [1.29, 1.82) is 0 Å². The van der Waals surface area contributed by atoms with Gasteiger partial charge in [0.25, 0.3) is 0 Å². The van der Waals surface area contributed by atoms with Crippen molar-refractivity contribution in [3.8, 4) is 0 Å². The third-order valence-corrected chi connectivity index (χ3v) is 3.74. The molecule has 0 saturated carbocycles. The van der Waals surface area contributed by atoms with Crippen LogP contribution in [0.1, 0.15) is 20.3 Å². The molecular formula is C10H23ClN2O2S. The van der Waals surface area contributed by atoms with Gasteiger partial charge in [-0.25, -0.2) is 13.1 Å². The summed E-state index contributed by atoms with van der Waals surface area (Å²) in [4.78, 5) is 2.05. The lowest BCUT2D eigenvalue weighted by molar-refractivity contribution is 0.242. The van der Waals surface area contributed by atoms with Crippen LogP contribution in [-0.4, -0.2) is 52.1 Å². The number of halogens is 1. The quantitative estimate of drug-likeness (QED) is 0.673. The standard InChI is InChI=1S/C10H23ClN2O2S/c1-10(2,9-13(3)4)8-12-16(14,15)7-5-6-11/h12H,5-9H2,1-4H3. The number of nitrogens with one attached hydrogen (secondary N) is 1. The Morgan fingerprint density at radius 2 is 1.88 bits per heavy atom. The van der Waals surface area contributed by atoms with Gasteiger partial charge in [-0.2, -0.15) is 0 Å². The summed E-state index contributed by atoms with van der Waals surface area (Å²) in [6.45, 7) is 5.37. The topological polar surface area (TPSA) is 49.4 Å². The summed E-state index contributed by atoms with van der Waals surface area (Å²) in [7, 11) is 0.786. The normalized spacial score (nSPS) is 13.4. The molecule has 16 heavy (non-hydrogen) atoms. The zero-order chi connectivity index (χ0) is 12.8. The molecule has 0 aliphatic rings. The van der Waals surface area contributed by atoms with Gasteiger partial charge in [0, 0.05) is 19.0 Å². The minimum absolute atomic E-state index is 0.0719. The third kappa shape index (κ3) is 8.33. The molecule has 4 nitrogen and oxygen atoms in total. The maximum atomic E-state index is 11.5. The fourth-order valence-corrected chi connectivity index (χ4v) is 3.11. The van der Waals surface area contributed by atoms with Gasteiger partial charge in [0.05, 0.1) is 5.75 Å². The van der Waals surface area contributed by atoms with Crippen LogP contribution in [0.25, 0.3) is 0 Å². The molecule has 98 valence electrons. The van der Waals surface area contributed by atoms with E-state index in [1.807, 2.05) is 32.8 Å². The smallest absolute Gasteiger partial charge is 0.211 e. The maximum absolute atomic E-state index is 11.5. The lowest BCUT2D eigenvalue weighted by Gasteiger charge is -2.28. The third-order valence-electron chi connectivity index (χ3n) is 2.06. The number of hydrogen-bond acceptors (Lipinski definition) is 3. The molecule has 0 amide bonds. The zero-order valence-electron chi connectivity index (χ0n) is 10.6. The summed E-state index contributed by atoms with van der Waals surface area (Å²) in [5.41, 5.74) is -0.0719. The van der Waals surface area contributed by atoms with Crippen molar-refractivity contribution < 1.29 is 8.42 Å². The van der Waals surface area contributed by atoms with Crippen LogP contribution < -0.4 is 4.72 Å². The van der Waals surface area contributed by atoms with E-state index in [0.29, 0.717) is 18.8 Å². The zero-order valence-corrected chi connectivity index (χ0v) is 12.2. The first kappa shape index (κ1) is 16.2. The molecule has 0 bridgehead atoms. The lowest BCUT2D eigenvalue weighted by Crippen LogP contribution is -2.40. The van der Waals surface area contributed by atoms with Gasteiger partial charge in [0.15, 0.2) is 0 Å². The second kappa shape index (κ2) is 6.79. The number of sulfonamides is 1. The molecule has 0 aromatic carbocycles. The molecule has 0 aromatic rings. The molecule has 0 aliphatic carbocycles. The maximum Gasteiger partial charge on any atom is 0.211 e. The fourth-order valence-electron chi connectivity index (χ4n) is 1.53. The van der Waals surface area contributed by atoms with Gasteiger partial charge in [0.1, 0.15) is 0 Å². The first-order valence-corrected chi connectivity index (χ1v) is 7.55. The van der Waals surface area contributed by atoms with Crippen LogP contribution in [0.2, 0.25) is 0 Å². The second-order valence-corrected chi connectivity index (χ2v) is 7.39. The fraction of sp³-hybridized carbons (Fsp3) is 1.00. The van der Waals surface area contributed by atoms with Gasteiger partial charge in [-0.05, 0) is 25.9 Å². The minimum Gasteiger partial charge on any atom is -0.309 e.